The van der Waals surface area contributed by atoms with Gasteiger partial charge in [0.15, 0.2) is 0 Å². The molecule has 6 heteroatoms. The van der Waals surface area contributed by atoms with Gasteiger partial charge in [0, 0.05) is 0 Å². The zero-order valence-corrected chi connectivity index (χ0v) is 37.0. The molecule has 0 radical (unpaired) electrons. The number of unbranched alkanes of at least 4 members (excludes halogenated alkanes) is 6. The zero-order chi connectivity index (χ0) is 36.2. The fraction of sp³-hybridized carbons (Fsp3) is 0.250. The van der Waals surface area contributed by atoms with Gasteiger partial charge in [-0.05, 0) is 12.1 Å². The minimum absolute atomic E-state index is 0.237. The number of para-hydroxylation sites is 3. The van der Waals surface area contributed by atoms with E-state index in [1.165, 1.54) is 129 Å². The molecule has 0 bridgehead atoms. The first-order valence-corrected chi connectivity index (χ1v) is 31.4. The first-order valence-electron chi connectivity index (χ1n) is 20.4. The Bertz CT molecular complexity index is 2240. The summed E-state index contributed by atoms with van der Waals surface area (Å²) >= 11 is 0.699. The minimum atomic E-state index is -3.27. The molecule has 0 atom stereocenters. The van der Waals surface area contributed by atoms with Crippen LogP contribution in [-0.2, 0) is 0 Å². The van der Waals surface area contributed by atoms with Crippen molar-refractivity contribution in [2.75, 3.05) is 9.80 Å². The Labute approximate surface area is 335 Å². The van der Waals surface area contributed by atoms with Crippen molar-refractivity contribution >= 4 is 108 Å². The SMILES string of the molecule is CCCCC[CH2][Pb]1([CH2]CCCCC)[c]2ccccc2N(c2cc3c4c(c2)Sc2cccc5c2B4c2c(cccc2N5c2ccccc2)S3)c2cccc[c]21. The van der Waals surface area contributed by atoms with Gasteiger partial charge < -0.3 is 0 Å². The van der Waals surface area contributed by atoms with Gasteiger partial charge in [-0.1, -0.05) is 18.2 Å². The third-order valence-corrected chi connectivity index (χ3v) is 35.4. The summed E-state index contributed by atoms with van der Waals surface area (Å²) in [5.74, 6) is 0. The standard InChI is InChI=1S/C36H21BN2S2.2C6H13.Pb/c1-4-12-24(13-5-1)38(25-14-6-2-7-15-25)27-22-32-36-33(23-27)41-31-21-11-19-29-35(31)37(36)34-28(18-10-20-30(34)40-32)39(29)26-16-8-3-9-17-26;2*1-3-5-6-4-2;/h1-12,14,16-23H;2*1,3-6H2,2H3;. The number of nitrogens with zero attached hydrogens (tertiary/aromatic N) is 2. The van der Waals surface area contributed by atoms with Crippen LogP contribution < -0.4 is 32.4 Å². The summed E-state index contributed by atoms with van der Waals surface area (Å²) in [7, 11) is 0. The van der Waals surface area contributed by atoms with Crippen LogP contribution in [-0.4, -0.2) is 27.9 Å². The van der Waals surface area contributed by atoms with Gasteiger partial charge in [0.1, 0.15) is 0 Å². The van der Waals surface area contributed by atoms with Gasteiger partial charge in [0.25, 0.3) is 0 Å². The van der Waals surface area contributed by atoms with E-state index in [2.05, 4.69) is 151 Å². The van der Waals surface area contributed by atoms with Crippen LogP contribution in [0.2, 0.25) is 7.96 Å². The molecule has 268 valence electrons. The third-order valence-electron chi connectivity index (χ3n) is 12.5. The summed E-state index contributed by atoms with van der Waals surface area (Å²) in [6, 6.07) is 49.4. The summed E-state index contributed by atoms with van der Waals surface area (Å²) in [6.07, 6.45) is 10.7. The van der Waals surface area contributed by atoms with Crippen LogP contribution in [0, 0.1) is 0 Å². The van der Waals surface area contributed by atoms with Crippen molar-refractivity contribution < 1.29 is 0 Å². The predicted molar refractivity (Wildman–Crippen MR) is 238 cm³/mol. The molecule has 10 rings (SSSR count). The van der Waals surface area contributed by atoms with Crippen molar-refractivity contribution in [1.29, 1.82) is 0 Å². The van der Waals surface area contributed by atoms with Crippen molar-refractivity contribution in [3.63, 3.8) is 0 Å². The molecule has 0 spiro atoms. The van der Waals surface area contributed by atoms with Crippen molar-refractivity contribution in [1.82, 2.24) is 0 Å². The van der Waals surface area contributed by atoms with E-state index < -0.39 is 21.2 Å². The molecule has 0 unspecified atom stereocenters. The van der Waals surface area contributed by atoms with Crippen LogP contribution >= 0.6 is 23.5 Å². The Morgan fingerprint density at radius 2 is 0.926 bits per heavy atom. The van der Waals surface area contributed by atoms with E-state index >= 15 is 0 Å². The molecule has 0 N–H and O–H groups in total. The van der Waals surface area contributed by atoms with E-state index in [1.807, 2.05) is 23.5 Å². The second-order valence-electron chi connectivity index (χ2n) is 15.6. The normalized spacial score (nSPS) is 15.1. The van der Waals surface area contributed by atoms with E-state index in [-0.39, 0.29) is 6.71 Å². The molecule has 4 aliphatic heterocycles. The monoisotopic (exact) mass is 934 g/mol. The Hall–Kier alpha value is -3.39. The van der Waals surface area contributed by atoms with Crippen molar-refractivity contribution in [3.05, 3.63) is 127 Å². The molecule has 0 saturated carbocycles. The second kappa shape index (κ2) is 14.6. The van der Waals surface area contributed by atoms with E-state index in [4.69, 9.17) is 0 Å². The number of rotatable bonds is 12. The molecule has 54 heavy (non-hydrogen) atoms. The molecule has 4 aliphatic rings. The average molecular weight is 934 g/mol. The van der Waals surface area contributed by atoms with Crippen LogP contribution in [0.3, 0.4) is 0 Å². The maximum atomic E-state index is 2.68. The van der Waals surface area contributed by atoms with Gasteiger partial charge in [-0.3, -0.25) is 0 Å². The first kappa shape index (κ1) is 35.1. The van der Waals surface area contributed by atoms with Gasteiger partial charge in [-0.15, -0.1) is 0 Å². The summed E-state index contributed by atoms with van der Waals surface area (Å²) in [5.41, 5.74) is 12.5. The zero-order valence-electron chi connectivity index (χ0n) is 31.5. The van der Waals surface area contributed by atoms with Gasteiger partial charge in [-0.25, -0.2) is 0 Å². The molecule has 6 aromatic rings. The Morgan fingerprint density at radius 3 is 1.46 bits per heavy atom. The number of hydrogen-bond acceptors (Lipinski definition) is 4. The molecule has 0 aliphatic carbocycles. The Balaban J connectivity index is 1.13. The van der Waals surface area contributed by atoms with Gasteiger partial charge in [0.05, 0.1) is 0 Å². The van der Waals surface area contributed by atoms with Crippen LogP contribution in [0.5, 0.6) is 0 Å². The van der Waals surface area contributed by atoms with Gasteiger partial charge in [-0.2, -0.15) is 0 Å². The van der Waals surface area contributed by atoms with Crippen LogP contribution in [0.25, 0.3) is 0 Å². The molecule has 2 nitrogen and oxygen atoms in total. The van der Waals surface area contributed by atoms with E-state index in [9.17, 15) is 0 Å². The van der Waals surface area contributed by atoms with Gasteiger partial charge >= 0.3 is 308 Å². The molecule has 0 amide bonds. The maximum absolute atomic E-state index is 3.27. The fourth-order valence-corrected chi connectivity index (χ4v) is 34.1. The topological polar surface area (TPSA) is 6.48 Å². The molecule has 0 saturated heterocycles. The predicted octanol–water partition coefficient (Wildman–Crippen LogP) is 11.4. The summed E-state index contributed by atoms with van der Waals surface area (Å²) in [4.78, 5) is 10.8. The van der Waals surface area contributed by atoms with Gasteiger partial charge in [0.2, 0.25) is 0 Å². The number of fused-ring (bicyclic) bond motifs is 2. The Morgan fingerprint density at radius 1 is 0.444 bits per heavy atom. The number of anilines is 6. The van der Waals surface area contributed by atoms with Crippen molar-refractivity contribution in [2.24, 2.45) is 0 Å². The number of benzene rings is 6. The fourth-order valence-electron chi connectivity index (χ4n) is 10.1. The second-order valence-corrected chi connectivity index (χ2v) is 34.3. The molecule has 4 heterocycles. The third kappa shape index (κ3) is 5.57. The van der Waals surface area contributed by atoms with E-state index in [0.717, 1.165) is 0 Å². The van der Waals surface area contributed by atoms with E-state index in [0.29, 0.717) is 0 Å². The van der Waals surface area contributed by atoms with Crippen LogP contribution in [0.1, 0.15) is 65.2 Å². The van der Waals surface area contributed by atoms with E-state index in [1.54, 1.807) is 6.25 Å². The first-order chi connectivity index (χ1) is 26.7. The average Bonchev–Trinajstić information content (AvgIpc) is 3.21. The molecule has 0 fully saturated rings. The molecular weight excluding hydrogens is 887 g/mol. The Kier molecular flexibility index (Phi) is 9.47. The summed E-state index contributed by atoms with van der Waals surface area (Å²) < 4.78 is 6.34. The molecule has 6 aromatic carbocycles. The molecule has 0 aromatic heterocycles. The van der Waals surface area contributed by atoms with Crippen molar-refractivity contribution in [2.45, 2.75) is 92.8 Å². The van der Waals surface area contributed by atoms with Crippen LogP contribution in [0.15, 0.2) is 147 Å². The summed E-state index contributed by atoms with van der Waals surface area (Å²) in [6.45, 7) is 4.93. The van der Waals surface area contributed by atoms with Crippen LogP contribution in [0.4, 0.5) is 34.1 Å². The quantitative estimate of drug-likeness (QED) is 0.0889. The number of hydrogen-bond donors (Lipinski definition) is 0. The summed E-state index contributed by atoms with van der Waals surface area (Å²) in [5, 5.41) is 0. The van der Waals surface area contributed by atoms with Crippen molar-refractivity contribution in [3.8, 4) is 0 Å². The molecular formula is C48H47BN2PbS2.